The van der Waals surface area contributed by atoms with E-state index in [1.165, 1.54) is 0 Å². The van der Waals surface area contributed by atoms with Gasteiger partial charge in [0.2, 0.25) is 5.88 Å². The van der Waals surface area contributed by atoms with E-state index in [1.807, 2.05) is 38.1 Å². The molecule has 0 spiro atoms. The summed E-state index contributed by atoms with van der Waals surface area (Å²) in [5.74, 6) is 2.61. The average molecular weight is 399 g/mol. The number of rotatable bonds is 7. The Morgan fingerprint density at radius 3 is 2.57 bits per heavy atom. The van der Waals surface area contributed by atoms with Crippen LogP contribution in [0.2, 0.25) is 0 Å². The highest BCUT2D eigenvalue weighted by Crippen LogP contribution is 2.22. The van der Waals surface area contributed by atoms with Gasteiger partial charge in [-0.15, -0.1) is 0 Å². The van der Waals surface area contributed by atoms with Gasteiger partial charge in [-0.25, -0.2) is 4.98 Å². The van der Waals surface area contributed by atoms with Gasteiger partial charge in [0.25, 0.3) is 0 Å². The molecule has 0 radical (unpaired) electrons. The van der Waals surface area contributed by atoms with E-state index >= 15 is 0 Å². The lowest BCUT2D eigenvalue weighted by atomic mass is 10.3. The molecular weight excluding hydrogens is 381 g/mol. The fourth-order valence-corrected chi connectivity index (χ4v) is 2.04. The van der Waals surface area contributed by atoms with E-state index in [2.05, 4.69) is 37.9 Å². The molecule has 0 bridgehead atoms. The van der Waals surface area contributed by atoms with Crippen LogP contribution in [0, 0.1) is 3.57 Å². The first-order valence-electron chi connectivity index (χ1n) is 6.84. The van der Waals surface area contributed by atoms with Gasteiger partial charge in [0.15, 0.2) is 5.82 Å². The van der Waals surface area contributed by atoms with Crippen molar-refractivity contribution in [1.82, 2.24) is 9.97 Å². The number of hydrogen-bond acceptors (Lipinski definition) is 5. The molecule has 5 nitrogen and oxygen atoms in total. The van der Waals surface area contributed by atoms with Crippen LogP contribution in [0.5, 0.6) is 11.6 Å². The number of ether oxygens (including phenoxy) is 2. The van der Waals surface area contributed by atoms with Gasteiger partial charge < -0.3 is 14.8 Å². The number of hydrogen-bond donors (Lipinski definition) is 1. The molecule has 0 aliphatic rings. The molecule has 1 aromatic heterocycles. The summed E-state index contributed by atoms with van der Waals surface area (Å²) in [6, 6.07) is 9.60. The van der Waals surface area contributed by atoms with Gasteiger partial charge >= 0.3 is 0 Å². The zero-order valence-electron chi connectivity index (χ0n) is 12.1. The molecule has 112 valence electrons. The number of aromatic nitrogens is 2. The summed E-state index contributed by atoms with van der Waals surface area (Å²) in [5, 5.41) is 3.17. The molecule has 0 atom stereocenters. The minimum Gasteiger partial charge on any atom is -0.439 e. The second-order valence-electron chi connectivity index (χ2n) is 4.23. The molecule has 2 rings (SSSR count). The molecule has 6 heteroatoms. The Morgan fingerprint density at radius 1 is 1.14 bits per heavy atom. The molecule has 2 aromatic rings. The van der Waals surface area contributed by atoms with Crippen LogP contribution in [-0.4, -0.2) is 23.1 Å². The van der Waals surface area contributed by atoms with Gasteiger partial charge in [0.1, 0.15) is 18.2 Å². The number of anilines is 1. The smallest absolute Gasteiger partial charge is 0.224 e. The lowest BCUT2D eigenvalue weighted by Crippen LogP contribution is -2.06. The van der Waals surface area contributed by atoms with E-state index in [-0.39, 0.29) is 0 Å². The highest BCUT2D eigenvalue weighted by Gasteiger charge is 2.07. The molecular formula is C15H18IN3O2. The molecule has 0 fully saturated rings. The van der Waals surface area contributed by atoms with E-state index < -0.39 is 0 Å². The van der Waals surface area contributed by atoms with Crippen molar-refractivity contribution in [3.63, 3.8) is 0 Å². The van der Waals surface area contributed by atoms with Gasteiger partial charge in [-0.3, -0.25) is 0 Å². The van der Waals surface area contributed by atoms with Crippen molar-refractivity contribution in [1.29, 1.82) is 0 Å². The first-order chi connectivity index (χ1) is 10.2. The maximum absolute atomic E-state index is 5.79. The zero-order chi connectivity index (χ0) is 15.1. The second kappa shape index (κ2) is 8.14. The van der Waals surface area contributed by atoms with Crippen molar-refractivity contribution < 1.29 is 9.47 Å². The third-order valence-corrected chi connectivity index (χ3v) is 3.30. The standard InChI is InChI=1S/C15H18IN3O2/c1-3-17-13-9-15(19-14(18-13)10-20-4-2)21-12-7-5-11(16)6-8-12/h5-9H,3-4,10H2,1-2H3,(H,17,18,19). The molecule has 21 heavy (non-hydrogen) atoms. The average Bonchev–Trinajstić information content (AvgIpc) is 2.48. The largest absolute Gasteiger partial charge is 0.439 e. The molecule has 0 saturated carbocycles. The maximum Gasteiger partial charge on any atom is 0.224 e. The zero-order valence-corrected chi connectivity index (χ0v) is 14.3. The number of benzene rings is 1. The Balaban J connectivity index is 2.19. The molecule has 0 saturated heterocycles. The van der Waals surface area contributed by atoms with E-state index in [0.29, 0.717) is 24.9 Å². The van der Waals surface area contributed by atoms with E-state index in [0.717, 1.165) is 21.7 Å². The molecule has 0 aliphatic heterocycles. The van der Waals surface area contributed by atoms with Crippen LogP contribution in [0.4, 0.5) is 5.82 Å². The highest BCUT2D eigenvalue weighted by molar-refractivity contribution is 14.1. The number of nitrogens with one attached hydrogen (secondary N) is 1. The minimum atomic E-state index is 0.374. The molecule has 0 amide bonds. The van der Waals surface area contributed by atoms with Crippen LogP contribution >= 0.6 is 22.6 Å². The van der Waals surface area contributed by atoms with Crippen molar-refractivity contribution in [3.8, 4) is 11.6 Å². The second-order valence-corrected chi connectivity index (χ2v) is 5.48. The molecule has 1 aromatic carbocycles. The van der Waals surface area contributed by atoms with Gasteiger partial charge in [-0.2, -0.15) is 4.98 Å². The normalized spacial score (nSPS) is 10.4. The Hall–Kier alpha value is -1.41. The summed E-state index contributed by atoms with van der Waals surface area (Å²) in [7, 11) is 0. The monoisotopic (exact) mass is 399 g/mol. The summed E-state index contributed by atoms with van der Waals surface area (Å²) in [6.45, 7) is 5.75. The van der Waals surface area contributed by atoms with Crippen molar-refractivity contribution >= 4 is 28.4 Å². The van der Waals surface area contributed by atoms with E-state index in [1.54, 1.807) is 6.07 Å². The number of nitrogens with zero attached hydrogens (tertiary/aromatic N) is 2. The van der Waals surface area contributed by atoms with Crippen LogP contribution in [-0.2, 0) is 11.3 Å². The van der Waals surface area contributed by atoms with Gasteiger partial charge in [0, 0.05) is 22.8 Å². The number of halogens is 1. The summed E-state index contributed by atoms with van der Waals surface area (Å²) in [5.41, 5.74) is 0. The summed E-state index contributed by atoms with van der Waals surface area (Å²) < 4.78 is 12.3. The Labute approximate surface area is 138 Å². The van der Waals surface area contributed by atoms with E-state index in [4.69, 9.17) is 9.47 Å². The topological polar surface area (TPSA) is 56.3 Å². The lowest BCUT2D eigenvalue weighted by Gasteiger charge is -2.10. The van der Waals surface area contributed by atoms with Crippen LogP contribution in [0.25, 0.3) is 0 Å². The lowest BCUT2D eigenvalue weighted by molar-refractivity contribution is 0.128. The maximum atomic E-state index is 5.79. The van der Waals surface area contributed by atoms with E-state index in [9.17, 15) is 0 Å². The SMILES string of the molecule is CCNc1cc(Oc2ccc(I)cc2)nc(COCC)n1. The predicted molar refractivity (Wildman–Crippen MR) is 90.8 cm³/mol. The van der Waals surface area contributed by atoms with Crippen LogP contribution in [0.1, 0.15) is 19.7 Å². The molecule has 0 aliphatic carbocycles. The predicted octanol–water partition coefficient (Wildman–Crippen LogP) is 3.84. The van der Waals surface area contributed by atoms with Crippen molar-refractivity contribution in [3.05, 3.63) is 39.7 Å². The Morgan fingerprint density at radius 2 is 1.90 bits per heavy atom. The van der Waals surface area contributed by atoms with Gasteiger partial charge in [0.05, 0.1) is 0 Å². The van der Waals surface area contributed by atoms with Crippen molar-refractivity contribution in [2.75, 3.05) is 18.5 Å². The Kier molecular flexibility index (Phi) is 6.19. The molecule has 1 N–H and O–H groups in total. The van der Waals surface area contributed by atoms with Gasteiger partial charge in [-0.1, -0.05) is 0 Å². The van der Waals surface area contributed by atoms with Crippen LogP contribution < -0.4 is 10.1 Å². The summed E-state index contributed by atoms with van der Waals surface area (Å²) >= 11 is 2.26. The quantitative estimate of drug-likeness (QED) is 0.717. The summed E-state index contributed by atoms with van der Waals surface area (Å²) in [6.07, 6.45) is 0. The Bertz CT molecular complexity index is 576. The fraction of sp³-hybridized carbons (Fsp3) is 0.333. The van der Waals surface area contributed by atoms with Crippen molar-refractivity contribution in [2.24, 2.45) is 0 Å². The third kappa shape index (κ3) is 5.13. The fourth-order valence-electron chi connectivity index (χ4n) is 1.68. The van der Waals surface area contributed by atoms with Crippen molar-refractivity contribution in [2.45, 2.75) is 20.5 Å². The third-order valence-electron chi connectivity index (χ3n) is 2.58. The first kappa shape index (κ1) is 16.0. The van der Waals surface area contributed by atoms with Crippen LogP contribution in [0.3, 0.4) is 0 Å². The minimum absolute atomic E-state index is 0.374. The highest BCUT2D eigenvalue weighted by atomic mass is 127. The molecule has 1 heterocycles. The first-order valence-corrected chi connectivity index (χ1v) is 7.92. The van der Waals surface area contributed by atoms with Crippen LogP contribution in [0.15, 0.2) is 30.3 Å². The summed E-state index contributed by atoms with van der Waals surface area (Å²) in [4.78, 5) is 8.76. The van der Waals surface area contributed by atoms with Gasteiger partial charge in [-0.05, 0) is 60.7 Å². The molecule has 0 unspecified atom stereocenters.